The van der Waals surface area contributed by atoms with Gasteiger partial charge in [0.2, 0.25) is 0 Å². The molecule has 2 aromatic carbocycles. The topological polar surface area (TPSA) is 42.0 Å². The fourth-order valence-electron chi connectivity index (χ4n) is 1.92. The predicted molar refractivity (Wildman–Crippen MR) is 78.8 cm³/mol. The van der Waals surface area contributed by atoms with Crippen LogP contribution in [-0.4, -0.2) is 10.9 Å². The van der Waals surface area contributed by atoms with Gasteiger partial charge in [0.25, 0.3) is 5.91 Å². The van der Waals surface area contributed by atoms with E-state index in [4.69, 9.17) is 0 Å². The molecule has 0 radical (unpaired) electrons. The van der Waals surface area contributed by atoms with Gasteiger partial charge in [-0.25, -0.2) is 4.98 Å². The number of hydrogen-bond donors (Lipinski definition) is 1. The molecule has 0 saturated carbocycles. The molecule has 19 heavy (non-hydrogen) atoms. The van der Waals surface area contributed by atoms with Gasteiger partial charge in [-0.15, -0.1) is 0 Å². The molecule has 3 nitrogen and oxygen atoms in total. The molecule has 1 heterocycles. The van der Waals surface area contributed by atoms with Crippen molar-refractivity contribution < 1.29 is 4.79 Å². The zero-order valence-corrected chi connectivity index (χ0v) is 11.2. The van der Waals surface area contributed by atoms with E-state index in [9.17, 15) is 4.79 Å². The molecule has 0 spiro atoms. The first-order valence-electron chi connectivity index (χ1n) is 5.96. The van der Waals surface area contributed by atoms with Crippen LogP contribution in [-0.2, 0) is 0 Å². The van der Waals surface area contributed by atoms with E-state index < -0.39 is 0 Å². The highest BCUT2D eigenvalue weighted by Crippen LogP contribution is 2.25. The molecular formula is C15H12N2OS. The predicted octanol–water partition coefficient (Wildman–Crippen LogP) is 3.86. The van der Waals surface area contributed by atoms with Gasteiger partial charge in [-0.3, -0.25) is 10.1 Å². The second-order valence-electron chi connectivity index (χ2n) is 4.26. The number of anilines is 1. The van der Waals surface area contributed by atoms with Gasteiger partial charge in [-0.1, -0.05) is 41.7 Å². The van der Waals surface area contributed by atoms with Crippen LogP contribution in [0.5, 0.6) is 0 Å². The molecule has 1 N–H and O–H groups in total. The van der Waals surface area contributed by atoms with Crippen LogP contribution in [0.2, 0.25) is 0 Å². The summed E-state index contributed by atoms with van der Waals surface area (Å²) in [7, 11) is 0. The zero-order chi connectivity index (χ0) is 13.2. The molecule has 0 fully saturated rings. The van der Waals surface area contributed by atoms with E-state index in [1.165, 1.54) is 11.3 Å². The van der Waals surface area contributed by atoms with Crippen LogP contribution in [0, 0.1) is 6.92 Å². The Bertz CT molecular complexity index is 715. The maximum absolute atomic E-state index is 12.2. The van der Waals surface area contributed by atoms with E-state index in [1.54, 1.807) is 0 Å². The van der Waals surface area contributed by atoms with Crippen molar-refractivity contribution in [2.45, 2.75) is 6.92 Å². The minimum Gasteiger partial charge on any atom is -0.298 e. The quantitative estimate of drug-likeness (QED) is 0.767. The van der Waals surface area contributed by atoms with E-state index in [2.05, 4.69) is 10.3 Å². The molecule has 1 amide bonds. The lowest BCUT2D eigenvalue weighted by molar-refractivity contribution is 0.102. The molecular weight excluding hydrogens is 256 g/mol. The number of rotatable bonds is 2. The number of carbonyl (C=O) groups excluding carboxylic acids is 1. The largest absolute Gasteiger partial charge is 0.298 e. The summed E-state index contributed by atoms with van der Waals surface area (Å²) in [6.45, 7) is 1.92. The number of para-hydroxylation sites is 1. The summed E-state index contributed by atoms with van der Waals surface area (Å²) in [6, 6.07) is 15.4. The fourth-order valence-corrected chi connectivity index (χ4v) is 2.78. The van der Waals surface area contributed by atoms with Crippen LogP contribution < -0.4 is 5.32 Å². The van der Waals surface area contributed by atoms with Gasteiger partial charge < -0.3 is 0 Å². The Morgan fingerprint density at radius 1 is 1.11 bits per heavy atom. The van der Waals surface area contributed by atoms with Gasteiger partial charge in [0.15, 0.2) is 5.13 Å². The van der Waals surface area contributed by atoms with Crippen LogP contribution in [0.4, 0.5) is 5.13 Å². The van der Waals surface area contributed by atoms with Gasteiger partial charge in [0, 0.05) is 5.56 Å². The Hall–Kier alpha value is -2.20. The zero-order valence-electron chi connectivity index (χ0n) is 10.4. The van der Waals surface area contributed by atoms with Crippen molar-refractivity contribution in [3.8, 4) is 0 Å². The monoisotopic (exact) mass is 268 g/mol. The molecule has 0 aliphatic heterocycles. The summed E-state index contributed by atoms with van der Waals surface area (Å²) in [5.74, 6) is -0.114. The molecule has 4 heteroatoms. The van der Waals surface area contributed by atoms with Crippen LogP contribution in [0.1, 0.15) is 15.9 Å². The summed E-state index contributed by atoms with van der Waals surface area (Å²) in [4.78, 5) is 16.6. The number of fused-ring (bicyclic) bond motifs is 1. The van der Waals surface area contributed by atoms with E-state index in [1.807, 2.05) is 55.5 Å². The van der Waals surface area contributed by atoms with Crippen molar-refractivity contribution in [1.29, 1.82) is 0 Å². The number of carbonyl (C=O) groups is 1. The normalized spacial score (nSPS) is 10.6. The summed E-state index contributed by atoms with van der Waals surface area (Å²) < 4.78 is 1.07. The molecule has 0 atom stereocenters. The van der Waals surface area contributed by atoms with E-state index in [-0.39, 0.29) is 5.91 Å². The average Bonchev–Trinajstić information content (AvgIpc) is 2.81. The number of amides is 1. The number of hydrogen-bond acceptors (Lipinski definition) is 3. The third-order valence-corrected chi connectivity index (χ3v) is 3.86. The van der Waals surface area contributed by atoms with Crippen LogP contribution in [0.25, 0.3) is 10.2 Å². The van der Waals surface area contributed by atoms with Crippen LogP contribution in [0.15, 0.2) is 48.5 Å². The Morgan fingerprint density at radius 2 is 1.84 bits per heavy atom. The second kappa shape index (κ2) is 4.82. The summed E-state index contributed by atoms with van der Waals surface area (Å²) in [5, 5.41) is 3.49. The number of aromatic nitrogens is 1. The van der Waals surface area contributed by atoms with Gasteiger partial charge in [-0.05, 0) is 30.7 Å². The summed E-state index contributed by atoms with van der Waals surface area (Å²) in [6.07, 6.45) is 0. The highest BCUT2D eigenvalue weighted by atomic mass is 32.1. The lowest BCUT2D eigenvalue weighted by Crippen LogP contribution is -2.12. The first-order valence-corrected chi connectivity index (χ1v) is 6.78. The Balaban J connectivity index is 1.89. The maximum atomic E-state index is 12.2. The number of benzene rings is 2. The molecule has 0 bridgehead atoms. The number of nitrogens with one attached hydrogen (secondary N) is 1. The third-order valence-electron chi connectivity index (χ3n) is 2.90. The van der Waals surface area contributed by atoms with Crippen molar-refractivity contribution in [2.24, 2.45) is 0 Å². The van der Waals surface area contributed by atoms with E-state index >= 15 is 0 Å². The van der Waals surface area contributed by atoms with Gasteiger partial charge in [-0.2, -0.15) is 0 Å². The molecule has 0 aliphatic carbocycles. The van der Waals surface area contributed by atoms with Crippen molar-refractivity contribution in [3.05, 3.63) is 59.7 Å². The van der Waals surface area contributed by atoms with Crippen LogP contribution >= 0.6 is 11.3 Å². The van der Waals surface area contributed by atoms with Crippen LogP contribution in [0.3, 0.4) is 0 Å². The average molecular weight is 268 g/mol. The highest BCUT2D eigenvalue weighted by molar-refractivity contribution is 7.22. The minimum atomic E-state index is -0.114. The van der Waals surface area contributed by atoms with Gasteiger partial charge >= 0.3 is 0 Å². The molecule has 1 aromatic heterocycles. The maximum Gasteiger partial charge on any atom is 0.257 e. The number of thiazole rings is 1. The van der Waals surface area contributed by atoms with Crippen molar-refractivity contribution in [2.75, 3.05) is 5.32 Å². The van der Waals surface area contributed by atoms with Gasteiger partial charge in [0.1, 0.15) is 0 Å². The second-order valence-corrected chi connectivity index (χ2v) is 5.29. The SMILES string of the molecule is Cc1ccccc1C(=O)Nc1nc2ccccc2s1. The highest BCUT2D eigenvalue weighted by Gasteiger charge is 2.11. The van der Waals surface area contributed by atoms with E-state index in [0.29, 0.717) is 10.7 Å². The number of nitrogens with zero attached hydrogens (tertiary/aromatic N) is 1. The Kier molecular flexibility index (Phi) is 3.01. The molecule has 3 aromatic rings. The Morgan fingerprint density at radius 3 is 2.63 bits per heavy atom. The minimum absolute atomic E-state index is 0.114. The van der Waals surface area contributed by atoms with Gasteiger partial charge in [0.05, 0.1) is 10.2 Å². The number of aryl methyl sites for hydroxylation is 1. The molecule has 3 rings (SSSR count). The van der Waals surface area contributed by atoms with Crippen molar-refractivity contribution >= 4 is 32.6 Å². The molecule has 94 valence electrons. The fraction of sp³-hybridized carbons (Fsp3) is 0.0667. The smallest absolute Gasteiger partial charge is 0.257 e. The lowest BCUT2D eigenvalue weighted by Gasteiger charge is -2.04. The standard InChI is InChI=1S/C15H12N2OS/c1-10-6-2-3-7-11(10)14(18)17-15-16-12-8-4-5-9-13(12)19-15/h2-9H,1H3,(H,16,17,18). The molecule has 0 saturated heterocycles. The Labute approximate surface area is 114 Å². The first kappa shape index (κ1) is 11.9. The summed E-state index contributed by atoms with van der Waals surface area (Å²) in [5.41, 5.74) is 2.55. The summed E-state index contributed by atoms with van der Waals surface area (Å²) >= 11 is 1.48. The van der Waals surface area contributed by atoms with Crippen molar-refractivity contribution in [1.82, 2.24) is 4.98 Å². The third kappa shape index (κ3) is 2.35. The van der Waals surface area contributed by atoms with Crippen molar-refractivity contribution in [3.63, 3.8) is 0 Å². The molecule has 0 unspecified atom stereocenters. The lowest BCUT2D eigenvalue weighted by atomic mass is 10.1. The first-order chi connectivity index (χ1) is 9.24. The molecule has 0 aliphatic rings. The van der Waals surface area contributed by atoms with E-state index in [0.717, 1.165) is 15.8 Å².